The topological polar surface area (TPSA) is 120 Å². The van der Waals surface area contributed by atoms with E-state index in [0.717, 1.165) is 16.7 Å². The van der Waals surface area contributed by atoms with Crippen LogP contribution in [0.15, 0.2) is 42.7 Å². The van der Waals surface area contributed by atoms with Gasteiger partial charge < -0.3 is 24.0 Å². The Morgan fingerprint density at radius 3 is 2.28 bits per heavy atom. The van der Waals surface area contributed by atoms with Gasteiger partial charge in [0.15, 0.2) is 11.5 Å². The zero-order valence-electron chi connectivity index (χ0n) is 17.6. The molecule has 0 atom stereocenters. The second-order valence-corrected chi connectivity index (χ2v) is 7.01. The number of hydrogen-bond donors (Lipinski definition) is 0. The molecule has 3 aromatic rings. The predicted molar refractivity (Wildman–Crippen MR) is 116 cm³/mol. The summed E-state index contributed by atoms with van der Waals surface area (Å²) in [5, 5.41) is 11.6. The molecule has 166 valence electrons. The minimum absolute atomic E-state index is 0.0651. The number of methoxy groups -OCH3 is 2. The third-order valence-electron chi connectivity index (χ3n) is 5.21. The predicted octanol–water partition coefficient (Wildman–Crippen LogP) is 2.88. The minimum atomic E-state index is -0.507. The highest BCUT2D eigenvalue weighted by Crippen LogP contribution is 2.35. The average Bonchev–Trinajstić information content (AvgIpc) is 2.83. The number of ether oxygens (including phenoxy) is 3. The van der Waals surface area contributed by atoms with Crippen molar-refractivity contribution < 1.29 is 23.9 Å². The summed E-state index contributed by atoms with van der Waals surface area (Å²) in [5.74, 6) is 2.18. The summed E-state index contributed by atoms with van der Waals surface area (Å²) in [6, 6.07) is 9.05. The van der Waals surface area contributed by atoms with E-state index in [0.29, 0.717) is 37.7 Å². The Morgan fingerprint density at radius 2 is 1.66 bits per heavy atom. The molecule has 11 heteroatoms. The van der Waals surface area contributed by atoms with Gasteiger partial charge in [-0.2, -0.15) is 0 Å². The highest BCUT2D eigenvalue weighted by Gasteiger charge is 2.25. The monoisotopic (exact) mass is 439 g/mol. The van der Waals surface area contributed by atoms with Crippen LogP contribution in [0.3, 0.4) is 0 Å². The molecule has 32 heavy (non-hydrogen) atoms. The van der Waals surface area contributed by atoms with Gasteiger partial charge in [-0.3, -0.25) is 10.1 Å². The average molecular weight is 439 g/mol. The van der Waals surface area contributed by atoms with Crippen LogP contribution >= 0.6 is 0 Å². The van der Waals surface area contributed by atoms with Crippen molar-refractivity contribution in [2.24, 2.45) is 0 Å². The number of piperazine rings is 1. The van der Waals surface area contributed by atoms with Gasteiger partial charge in [-0.25, -0.2) is 14.8 Å². The normalized spacial score (nSPS) is 13.7. The van der Waals surface area contributed by atoms with Crippen LogP contribution in [0.5, 0.6) is 17.2 Å². The van der Waals surface area contributed by atoms with Crippen LogP contribution in [0.1, 0.15) is 0 Å². The molecule has 0 N–H and O–H groups in total. The number of fused-ring (bicyclic) bond motifs is 1. The Hall–Kier alpha value is -4.15. The fourth-order valence-corrected chi connectivity index (χ4v) is 3.52. The first-order valence-electron chi connectivity index (χ1n) is 9.83. The van der Waals surface area contributed by atoms with Crippen LogP contribution in [-0.4, -0.2) is 66.3 Å². The van der Waals surface area contributed by atoms with E-state index in [-0.39, 0.29) is 11.4 Å². The van der Waals surface area contributed by atoms with Gasteiger partial charge in [-0.1, -0.05) is 0 Å². The number of hydrogen-bond acceptors (Lipinski definition) is 9. The molecule has 0 unspecified atom stereocenters. The van der Waals surface area contributed by atoms with Gasteiger partial charge in [0, 0.05) is 49.8 Å². The molecule has 0 spiro atoms. The Kier molecular flexibility index (Phi) is 5.88. The Labute approximate surface area is 183 Å². The Balaban J connectivity index is 1.44. The Bertz CT molecular complexity index is 1150. The molecule has 2 heterocycles. The zero-order valence-corrected chi connectivity index (χ0v) is 17.6. The maximum atomic E-state index is 12.5. The van der Waals surface area contributed by atoms with Gasteiger partial charge in [-0.15, -0.1) is 0 Å². The summed E-state index contributed by atoms with van der Waals surface area (Å²) >= 11 is 0. The van der Waals surface area contributed by atoms with E-state index in [1.807, 2.05) is 6.07 Å². The number of non-ortho nitro benzene ring substituents is 1. The molecule has 0 bridgehead atoms. The summed E-state index contributed by atoms with van der Waals surface area (Å²) in [4.78, 5) is 35.2. The first-order valence-corrected chi connectivity index (χ1v) is 9.83. The molecular formula is C21H21N5O6. The van der Waals surface area contributed by atoms with Gasteiger partial charge >= 0.3 is 6.09 Å². The smallest absolute Gasteiger partial charge is 0.415 e. The van der Waals surface area contributed by atoms with E-state index < -0.39 is 11.0 Å². The number of aromatic nitrogens is 2. The summed E-state index contributed by atoms with van der Waals surface area (Å²) in [5.41, 5.74) is 0.664. The molecule has 1 saturated heterocycles. The molecule has 1 aromatic heterocycles. The van der Waals surface area contributed by atoms with Gasteiger partial charge in [0.25, 0.3) is 5.69 Å². The molecule has 0 aliphatic carbocycles. The van der Waals surface area contributed by atoms with E-state index >= 15 is 0 Å². The SMILES string of the molecule is COc1cc2ncnc(N3CCN(C(=O)Oc4ccc([N+](=O)[O-])cc4)CC3)c2cc1OC. The zero-order chi connectivity index (χ0) is 22.7. The van der Waals surface area contributed by atoms with Crippen molar-refractivity contribution in [3.63, 3.8) is 0 Å². The molecule has 1 fully saturated rings. The van der Waals surface area contributed by atoms with Gasteiger partial charge in [0.1, 0.15) is 17.9 Å². The maximum Gasteiger partial charge on any atom is 0.415 e. The first kappa shape index (κ1) is 21.1. The van der Waals surface area contributed by atoms with Gasteiger partial charge in [0.05, 0.1) is 24.7 Å². The number of rotatable bonds is 5. The van der Waals surface area contributed by atoms with E-state index in [1.165, 1.54) is 30.6 Å². The fourth-order valence-electron chi connectivity index (χ4n) is 3.52. The van der Waals surface area contributed by atoms with E-state index in [9.17, 15) is 14.9 Å². The maximum absolute atomic E-state index is 12.5. The number of carbonyl (C=O) groups is 1. The number of benzene rings is 2. The largest absolute Gasteiger partial charge is 0.493 e. The molecule has 1 amide bonds. The molecule has 2 aromatic carbocycles. The van der Waals surface area contributed by atoms with Crippen molar-refractivity contribution >= 4 is 28.5 Å². The van der Waals surface area contributed by atoms with Crippen molar-refractivity contribution in [3.05, 3.63) is 52.8 Å². The van der Waals surface area contributed by atoms with Crippen LogP contribution in [-0.2, 0) is 0 Å². The molecular weight excluding hydrogens is 418 g/mol. The van der Waals surface area contributed by atoms with Crippen molar-refractivity contribution in [1.82, 2.24) is 14.9 Å². The minimum Gasteiger partial charge on any atom is -0.493 e. The van der Waals surface area contributed by atoms with Crippen molar-refractivity contribution in [3.8, 4) is 17.2 Å². The summed E-state index contributed by atoms with van der Waals surface area (Å²) in [7, 11) is 3.14. The second-order valence-electron chi connectivity index (χ2n) is 7.01. The number of anilines is 1. The summed E-state index contributed by atoms with van der Waals surface area (Å²) in [6.07, 6.45) is 0.996. The fraction of sp³-hybridized carbons (Fsp3) is 0.286. The van der Waals surface area contributed by atoms with Crippen LogP contribution in [0.2, 0.25) is 0 Å². The number of carbonyl (C=O) groups excluding carboxylic acids is 1. The molecule has 11 nitrogen and oxygen atoms in total. The lowest BCUT2D eigenvalue weighted by Gasteiger charge is -2.35. The lowest BCUT2D eigenvalue weighted by atomic mass is 10.2. The molecule has 1 aliphatic heterocycles. The highest BCUT2D eigenvalue weighted by molar-refractivity contribution is 5.92. The molecule has 0 radical (unpaired) electrons. The molecule has 1 aliphatic rings. The van der Waals surface area contributed by atoms with E-state index in [2.05, 4.69) is 14.9 Å². The lowest BCUT2D eigenvalue weighted by molar-refractivity contribution is -0.384. The van der Waals surface area contributed by atoms with Crippen LogP contribution in [0.4, 0.5) is 16.3 Å². The van der Waals surface area contributed by atoms with Gasteiger partial charge in [0.2, 0.25) is 0 Å². The summed E-state index contributed by atoms with van der Waals surface area (Å²) < 4.78 is 16.1. The van der Waals surface area contributed by atoms with Crippen LogP contribution in [0.25, 0.3) is 10.9 Å². The van der Waals surface area contributed by atoms with E-state index in [1.54, 1.807) is 25.2 Å². The van der Waals surface area contributed by atoms with Crippen molar-refractivity contribution in [2.75, 3.05) is 45.3 Å². The third kappa shape index (κ3) is 4.17. The quantitative estimate of drug-likeness (QED) is 0.436. The second kappa shape index (κ2) is 8.92. The van der Waals surface area contributed by atoms with E-state index in [4.69, 9.17) is 14.2 Å². The highest BCUT2D eigenvalue weighted by atomic mass is 16.6. The number of amides is 1. The Morgan fingerprint density at radius 1 is 1.00 bits per heavy atom. The summed E-state index contributed by atoms with van der Waals surface area (Å²) in [6.45, 7) is 1.97. The lowest BCUT2D eigenvalue weighted by Crippen LogP contribution is -2.50. The standard InChI is InChI=1S/C21H21N5O6/c1-30-18-11-16-17(12-19(18)31-2)22-13-23-20(16)24-7-9-25(10-8-24)21(27)32-15-5-3-14(4-6-15)26(28)29/h3-6,11-13H,7-10H2,1-2H3. The van der Waals surface area contributed by atoms with Crippen molar-refractivity contribution in [1.29, 1.82) is 0 Å². The van der Waals surface area contributed by atoms with Crippen LogP contribution < -0.4 is 19.1 Å². The number of nitro benzene ring substituents is 1. The molecule has 0 saturated carbocycles. The third-order valence-corrected chi connectivity index (χ3v) is 5.21. The number of nitro groups is 1. The number of nitrogens with zero attached hydrogens (tertiary/aromatic N) is 5. The molecule has 4 rings (SSSR count). The van der Waals surface area contributed by atoms with Gasteiger partial charge in [-0.05, 0) is 18.2 Å². The first-order chi connectivity index (χ1) is 15.5. The van der Waals surface area contributed by atoms with Crippen molar-refractivity contribution in [2.45, 2.75) is 0 Å². The van der Waals surface area contributed by atoms with Crippen LogP contribution in [0, 0.1) is 10.1 Å².